The minimum Gasteiger partial charge on any atom is -0.486 e. The van der Waals surface area contributed by atoms with E-state index >= 15 is 0 Å². The predicted molar refractivity (Wildman–Crippen MR) is 191 cm³/mol. The summed E-state index contributed by atoms with van der Waals surface area (Å²) in [5.41, 5.74) is 13.4. The molecular formula is C43H33IrN3O-2. The van der Waals surface area contributed by atoms with Gasteiger partial charge in [-0.05, 0) is 65.7 Å². The molecule has 4 heterocycles. The molecular weight excluding hydrogens is 767 g/mol. The summed E-state index contributed by atoms with van der Waals surface area (Å²) in [5, 5.41) is 2.03. The Bertz CT molecular complexity index is 2300. The molecule has 0 amide bonds. The van der Waals surface area contributed by atoms with E-state index in [0.29, 0.717) is 5.71 Å². The number of pyridine rings is 3. The van der Waals surface area contributed by atoms with E-state index in [2.05, 4.69) is 104 Å². The summed E-state index contributed by atoms with van der Waals surface area (Å²) in [6.45, 7) is 6.24. The molecule has 0 N–H and O–H groups in total. The minimum absolute atomic E-state index is 0. The van der Waals surface area contributed by atoms with Crippen LogP contribution in [0.3, 0.4) is 0 Å². The maximum Gasteiger partial charge on any atom is 0.216 e. The minimum atomic E-state index is 0. The quantitative estimate of drug-likeness (QED) is 0.163. The number of hydrogen-bond donors (Lipinski definition) is 0. The van der Waals surface area contributed by atoms with Crippen LogP contribution in [0.1, 0.15) is 27.9 Å². The standard InChI is InChI=1S/C29H19N2O.C14H14N.Ir/c1-3-8-20(9-4-1)18-23-14-15-25-24-12-7-13-26(28(24)32-29(25)31-23)27-19-22(16-17-30-27)21-10-5-2-6-11-21;1-10-4-6-13(7-5-10)14-8-11(2)12(3)9-15-14;/h1-12,14-17,19H,18H2;4-6,8-9H,1-3H3;/q2*-1;. The van der Waals surface area contributed by atoms with Gasteiger partial charge in [-0.15, -0.1) is 53.6 Å². The summed E-state index contributed by atoms with van der Waals surface area (Å²) < 4.78 is 6.28. The molecule has 8 aromatic rings. The Hall–Kier alpha value is -5.22. The van der Waals surface area contributed by atoms with Crippen molar-refractivity contribution in [3.8, 4) is 33.6 Å². The molecule has 4 nitrogen and oxygen atoms in total. The van der Waals surface area contributed by atoms with Gasteiger partial charge in [-0.1, -0.05) is 96.2 Å². The van der Waals surface area contributed by atoms with Crippen LogP contribution in [0.15, 0.2) is 138 Å². The molecule has 5 heteroatoms. The second kappa shape index (κ2) is 14.7. The van der Waals surface area contributed by atoms with Crippen LogP contribution in [0.5, 0.6) is 0 Å². The summed E-state index contributed by atoms with van der Waals surface area (Å²) >= 11 is 0. The Kier molecular flexibility index (Phi) is 10.0. The smallest absolute Gasteiger partial charge is 0.216 e. The molecule has 0 aliphatic heterocycles. The fourth-order valence-electron chi connectivity index (χ4n) is 5.57. The van der Waals surface area contributed by atoms with E-state index in [1.54, 1.807) is 0 Å². The third kappa shape index (κ3) is 7.18. The molecule has 4 aromatic heterocycles. The van der Waals surface area contributed by atoms with Gasteiger partial charge in [0.05, 0.1) is 5.58 Å². The Labute approximate surface area is 294 Å². The van der Waals surface area contributed by atoms with E-state index in [1.165, 1.54) is 22.3 Å². The Morgan fingerprint density at radius 2 is 1.46 bits per heavy atom. The maximum absolute atomic E-state index is 6.28. The van der Waals surface area contributed by atoms with Gasteiger partial charge in [-0.2, -0.15) is 0 Å². The molecule has 0 fully saturated rings. The molecule has 0 saturated heterocycles. The number of aromatic nitrogens is 3. The zero-order chi connectivity index (χ0) is 32.2. The molecule has 1 radical (unpaired) electrons. The predicted octanol–water partition coefficient (Wildman–Crippen LogP) is 10.6. The van der Waals surface area contributed by atoms with E-state index < -0.39 is 0 Å². The van der Waals surface area contributed by atoms with Gasteiger partial charge in [0.25, 0.3) is 0 Å². The normalized spacial score (nSPS) is 10.7. The number of nitrogens with zero attached hydrogens (tertiary/aromatic N) is 3. The Morgan fingerprint density at radius 3 is 2.21 bits per heavy atom. The molecule has 0 spiro atoms. The number of fused-ring (bicyclic) bond motifs is 3. The first-order valence-corrected chi connectivity index (χ1v) is 15.7. The molecule has 0 bridgehead atoms. The van der Waals surface area contributed by atoms with E-state index in [4.69, 9.17) is 9.40 Å². The topological polar surface area (TPSA) is 51.8 Å². The third-order valence-corrected chi connectivity index (χ3v) is 8.32. The zero-order valence-electron chi connectivity index (χ0n) is 27.0. The molecule has 4 aromatic carbocycles. The zero-order valence-corrected chi connectivity index (χ0v) is 29.4. The van der Waals surface area contributed by atoms with Gasteiger partial charge >= 0.3 is 0 Å². The van der Waals surface area contributed by atoms with Gasteiger partial charge in [0.15, 0.2) is 0 Å². The molecule has 0 aliphatic rings. The number of aryl methyl sites for hydroxylation is 3. The van der Waals surface area contributed by atoms with Crippen LogP contribution in [0.4, 0.5) is 0 Å². The first-order chi connectivity index (χ1) is 23.0. The van der Waals surface area contributed by atoms with Crippen molar-refractivity contribution in [3.63, 3.8) is 0 Å². The van der Waals surface area contributed by atoms with Crippen LogP contribution in [0.25, 0.3) is 55.7 Å². The SMILES string of the molecule is Cc1c[c-]c(-c2cc(C)c(C)cn2)cc1.[Ir].[c-]1ccc2c(oc3nc(Cc4ccccc4)ccc32)c1-c1cc(-c2ccccc2)ccn1. The largest absolute Gasteiger partial charge is 0.486 e. The summed E-state index contributed by atoms with van der Waals surface area (Å²) in [6.07, 6.45) is 4.52. The van der Waals surface area contributed by atoms with E-state index in [9.17, 15) is 0 Å². The van der Waals surface area contributed by atoms with E-state index in [1.807, 2.05) is 73.1 Å². The van der Waals surface area contributed by atoms with Gasteiger partial charge in [0.1, 0.15) is 0 Å². The first kappa shape index (κ1) is 32.7. The van der Waals surface area contributed by atoms with Crippen molar-refractivity contribution in [2.45, 2.75) is 27.2 Å². The molecule has 48 heavy (non-hydrogen) atoms. The van der Waals surface area contributed by atoms with Crippen molar-refractivity contribution >= 4 is 22.1 Å². The van der Waals surface area contributed by atoms with Gasteiger partial charge in [0.2, 0.25) is 5.71 Å². The van der Waals surface area contributed by atoms with Crippen LogP contribution >= 0.6 is 0 Å². The van der Waals surface area contributed by atoms with E-state index in [0.717, 1.165) is 62.1 Å². The summed E-state index contributed by atoms with van der Waals surface area (Å²) in [6, 6.07) is 47.7. The molecule has 8 rings (SSSR count). The monoisotopic (exact) mass is 800 g/mol. The van der Waals surface area contributed by atoms with Crippen LogP contribution in [-0.4, -0.2) is 15.0 Å². The fourth-order valence-corrected chi connectivity index (χ4v) is 5.57. The molecule has 0 aliphatic carbocycles. The average molecular weight is 800 g/mol. The van der Waals surface area contributed by atoms with Crippen molar-refractivity contribution in [3.05, 3.63) is 174 Å². The number of hydrogen-bond acceptors (Lipinski definition) is 4. The number of rotatable bonds is 5. The van der Waals surface area contributed by atoms with Gasteiger partial charge in [-0.3, -0.25) is 0 Å². The maximum atomic E-state index is 6.28. The Balaban J connectivity index is 0.000000212. The molecule has 0 atom stereocenters. The molecule has 0 unspecified atom stereocenters. The third-order valence-electron chi connectivity index (χ3n) is 8.32. The van der Waals surface area contributed by atoms with Crippen molar-refractivity contribution in [2.24, 2.45) is 0 Å². The first-order valence-electron chi connectivity index (χ1n) is 15.7. The Morgan fingerprint density at radius 1 is 0.667 bits per heavy atom. The number of benzene rings is 4. The average Bonchev–Trinajstić information content (AvgIpc) is 3.49. The molecule has 237 valence electrons. The van der Waals surface area contributed by atoms with Crippen LogP contribution < -0.4 is 0 Å². The fraction of sp³-hybridized carbons (Fsp3) is 0.0930. The second-order valence-electron chi connectivity index (χ2n) is 11.7. The van der Waals surface area contributed by atoms with Crippen molar-refractivity contribution in [1.29, 1.82) is 0 Å². The van der Waals surface area contributed by atoms with Crippen LogP contribution in [0, 0.1) is 32.9 Å². The number of furan rings is 1. The van der Waals surface area contributed by atoms with Gasteiger partial charge < -0.3 is 14.4 Å². The van der Waals surface area contributed by atoms with Gasteiger partial charge in [-0.25, -0.2) is 4.98 Å². The second-order valence-corrected chi connectivity index (χ2v) is 11.7. The van der Waals surface area contributed by atoms with Gasteiger partial charge in [0, 0.05) is 50.0 Å². The summed E-state index contributed by atoms with van der Waals surface area (Å²) in [5.74, 6) is 0. The van der Waals surface area contributed by atoms with Crippen LogP contribution in [-0.2, 0) is 26.5 Å². The molecule has 0 saturated carbocycles. The summed E-state index contributed by atoms with van der Waals surface area (Å²) in [7, 11) is 0. The van der Waals surface area contributed by atoms with Crippen molar-refractivity contribution < 1.29 is 24.5 Å². The van der Waals surface area contributed by atoms with Crippen LogP contribution in [0.2, 0.25) is 0 Å². The van der Waals surface area contributed by atoms with E-state index in [-0.39, 0.29) is 20.1 Å². The van der Waals surface area contributed by atoms with Crippen molar-refractivity contribution in [2.75, 3.05) is 0 Å². The van der Waals surface area contributed by atoms with Crippen molar-refractivity contribution in [1.82, 2.24) is 15.0 Å². The summed E-state index contributed by atoms with van der Waals surface area (Å²) in [4.78, 5) is 13.8.